The van der Waals surface area contributed by atoms with E-state index in [4.69, 9.17) is 0 Å². The monoisotopic (exact) mass is 314 g/mol. The van der Waals surface area contributed by atoms with Gasteiger partial charge in [0.25, 0.3) is 5.69 Å². The van der Waals surface area contributed by atoms with E-state index in [0.717, 1.165) is 28.3 Å². The molecule has 1 aliphatic carbocycles. The lowest BCUT2D eigenvalue weighted by Gasteiger charge is -2.06. The maximum Gasteiger partial charge on any atom is 0.269 e. The summed E-state index contributed by atoms with van der Waals surface area (Å²) in [5.41, 5.74) is 0.882. The van der Waals surface area contributed by atoms with Crippen molar-refractivity contribution in [2.24, 2.45) is 5.92 Å². The van der Waals surface area contributed by atoms with Crippen molar-refractivity contribution >= 4 is 29.0 Å². The Balaban J connectivity index is 1.62. The maximum absolute atomic E-state index is 11.7. The smallest absolute Gasteiger partial charge is 0.269 e. The predicted molar refractivity (Wildman–Crippen MR) is 85.0 cm³/mol. The van der Waals surface area contributed by atoms with Crippen molar-refractivity contribution < 1.29 is 9.72 Å². The molecule has 2 aromatic rings. The fourth-order valence-electron chi connectivity index (χ4n) is 1.97. The lowest BCUT2D eigenvalue weighted by atomic mass is 10.3. The minimum absolute atomic E-state index is 0.0856. The summed E-state index contributed by atoms with van der Waals surface area (Å²) < 4.78 is 0. The molecule has 0 heterocycles. The van der Waals surface area contributed by atoms with Crippen molar-refractivity contribution in [3.8, 4) is 0 Å². The van der Waals surface area contributed by atoms with E-state index >= 15 is 0 Å². The summed E-state index contributed by atoms with van der Waals surface area (Å²) in [5.74, 6) is 0.282. The average molecular weight is 314 g/mol. The molecule has 1 aliphatic rings. The second-order valence-electron chi connectivity index (χ2n) is 5.14. The molecule has 0 atom stereocenters. The average Bonchev–Trinajstić information content (AvgIpc) is 3.34. The molecule has 5 nitrogen and oxygen atoms in total. The van der Waals surface area contributed by atoms with Gasteiger partial charge in [0.1, 0.15) is 0 Å². The van der Waals surface area contributed by atoms with Crippen LogP contribution in [0.15, 0.2) is 58.3 Å². The highest BCUT2D eigenvalue weighted by atomic mass is 32.2. The highest BCUT2D eigenvalue weighted by molar-refractivity contribution is 7.99. The molecule has 0 unspecified atom stereocenters. The van der Waals surface area contributed by atoms with Gasteiger partial charge in [-0.1, -0.05) is 11.8 Å². The highest BCUT2D eigenvalue weighted by Crippen LogP contribution is 2.32. The van der Waals surface area contributed by atoms with E-state index in [0.29, 0.717) is 0 Å². The van der Waals surface area contributed by atoms with Crippen molar-refractivity contribution in [3.05, 3.63) is 58.6 Å². The van der Waals surface area contributed by atoms with E-state index in [1.54, 1.807) is 12.1 Å². The first-order valence-corrected chi connectivity index (χ1v) is 7.77. The van der Waals surface area contributed by atoms with Gasteiger partial charge in [-0.2, -0.15) is 0 Å². The molecule has 1 N–H and O–H groups in total. The largest absolute Gasteiger partial charge is 0.326 e. The third kappa shape index (κ3) is 3.65. The van der Waals surface area contributed by atoms with Crippen LogP contribution >= 0.6 is 11.8 Å². The van der Waals surface area contributed by atoms with Crippen LogP contribution in [0.1, 0.15) is 12.8 Å². The molecule has 3 rings (SSSR count). The molecule has 2 aromatic carbocycles. The van der Waals surface area contributed by atoms with Gasteiger partial charge >= 0.3 is 0 Å². The Labute approximate surface area is 131 Å². The van der Waals surface area contributed by atoms with E-state index in [9.17, 15) is 14.9 Å². The van der Waals surface area contributed by atoms with Crippen molar-refractivity contribution in [2.45, 2.75) is 22.6 Å². The van der Waals surface area contributed by atoms with Crippen molar-refractivity contribution in [2.75, 3.05) is 5.32 Å². The van der Waals surface area contributed by atoms with Gasteiger partial charge in [-0.25, -0.2) is 0 Å². The fourth-order valence-corrected chi connectivity index (χ4v) is 2.78. The van der Waals surface area contributed by atoms with E-state index in [-0.39, 0.29) is 17.5 Å². The zero-order chi connectivity index (χ0) is 15.5. The Morgan fingerprint density at radius 2 is 1.59 bits per heavy atom. The molecule has 0 aromatic heterocycles. The summed E-state index contributed by atoms with van der Waals surface area (Å²) in [6.07, 6.45) is 1.97. The standard InChI is InChI=1S/C16H14N2O3S/c19-16(11-1-2-11)17-12-3-7-14(8-4-12)22-15-9-5-13(6-10-15)18(20)21/h3-11H,1-2H2,(H,17,19). The normalized spacial score (nSPS) is 13.6. The molecule has 112 valence electrons. The lowest BCUT2D eigenvalue weighted by molar-refractivity contribution is -0.384. The predicted octanol–water partition coefficient (Wildman–Crippen LogP) is 4.09. The zero-order valence-electron chi connectivity index (χ0n) is 11.7. The van der Waals surface area contributed by atoms with Crippen LogP contribution in [0.2, 0.25) is 0 Å². The van der Waals surface area contributed by atoms with Crippen LogP contribution in [-0.4, -0.2) is 10.8 Å². The van der Waals surface area contributed by atoms with Crippen LogP contribution in [0.25, 0.3) is 0 Å². The first-order chi connectivity index (χ1) is 10.6. The third-order valence-corrected chi connectivity index (χ3v) is 4.37. The van der Waals surface area contributed by atoms with Crippen molar-refractivity contribution in [1.29, 1.82) is 0 Å². The molecule has 0 radical (unpaired) electrons. The van der Waals surface area contributed by atoms with Gasteiger partial charge in [0, 0.05) is 33.5 Å². The summed E-state index contributed by atoms with van der Waals surface area (Å²) in [6, 6.07) is 14.0. The number of anilines is 1. The van der Waals surface area contributed by atoms with Gasteiger partial charge in [-0.3, -0.25) is 14.9 Å². The van der Waals surface area contributed by atoms with Crippen LogP contribution in [0.5, 0.6) is 0 Å². The minimum atomic E-state index is -0.411. The van der Waals surface area contributed by atoms with Gasteiger partial charge in [-0.15, -0.1) is 0 Å². The molecule has 0 aliphatic heterocycles. The van der Waals surface area contributed by atoms with Gasteiger partial charge in [0.05, 0.1) is 4.92 Å². The summed E-state index contributed by atoms with van der Waals surface area (Å²) in [4.78, 5) is 23.8. The number of hydrogen-bond acceptors (Lipinski definition) is 4. The Kier molecular flexibility index (Phi) is 4.11. The van der Waals surface area contributed by atoms with Gasteiger partial charge < -0.3 is 5.32 Å². The molecule has 1 amide bonds. The number of carbonyl (C=O) groups excluding carboxylic acids is 1. The number of nitrogens with one attached hydrogen (secondary N) is 1. The van der Waals surface area contributed by atoms with Gasteiger partial charge in [-0.05, 0) is 49.2 Å². The molecular weight excluding hydrogens is 300 g/mol. The summed E-state index contributed by atoms with van der Waals surface area (Å²) in [5, 5.41) is 13.5. The maximum atomic E-state index is 11.7. The first kappa shape index (κ1) is 14.6. The van der Waals surface area contributed by atoms with Crippen LogP contribution < -0.4 is 5.32 Å². The number of hydrogen-bond donors (Lipinski definition) is 1. The summed E-state index contributed by atoms with van der Waals surface area (Å²) in [7, 11) is 0. The van der Waals surface area contributed by atoms with Crippen LogP contribution in [0.3, 0.4) is 0 Å². The van der Waals surface area contributed by atoms with Gasteiger partial charge in [0.15, 0.2) is 0 Å². The van der Waals surface area contributed by atoms with Gasteiger partial charge in [0.2, 0.25) is 5.91 Å². The van der Waals surface area contributed by atoms with Crippen molar-refractivity contribution in [3.63, 3.8) is 0 Å². The fraction of sp³-hybridized carbons (Fsp3) is 0.188. The zero-order valence-corrected chi connectivity index (χ0v) is 12.5. The highest BCUT2D eigenvalue weighted by Gasteiger charge is 2.29. The van der Waals surface area contributed by atoms with E-state index in [1.165, 1.54) is 23.9 Å². The third-order valence-electron chi connectivity index (χ3n) is 3.35. The Morgan fingerprint density at radius 3 is 2.09 bits per heavy atom. The topological polar surface area (TPSA) is 72.2 Å². The van der Waals surface area contributed by atoms with E-state index in [1.807, 2.05) is 24.3 Å². The van der Waals surface area contributed by atoms with Crippen LogP contribution in [0.4, 0.5) is 11.4 Å². The summed E-state index contributed by atoms with van der Waals surface area (Å²) >= 11 is 1.52. The molecule has 1 fully saturated rings. The number of non-ortho nitro benzene ring substituents is 1. The molecule has 0 bridgehead atoms. The molecule has 22 heavy (non-hydrogen) atoms. The molecule has 0 spiro atoms. The number of rotatable bonds is 5. The Hall–Kier alpha value is -2.34. The van der Waals surface area contributed by atoms with Crippen LogP contribution in [-0.2, 0) is 4.79 Å². The Morgan fingerprint density at radius 1 is 1.05 bits per heavy atom. The minimum Gasteiger partial charge on any atom is -0.326 e. The summed E-state index contributed by atoms with van der Waals surface area (Å²) in [6.45, 7) is 0. The number of benzene rings is 2. The molecule has 1 saturated carbocycles. The molecule has 0 saturated heterocycles. The van der Waals surface area contributed by atoms with Crippen molar-refractivity contribution in [1.82, 2.24) is 0 Å². The number of nitro benzene ring substituents is 1. The second-order valence-corrected chi connectivity index (χ2v) is 6.29. The first-order valence-electron chi connectivity index (χ1n) is 6.95. The second kappa shape index (κ2) is 6.19. The van der Waals surface area contributed by atoms with Crippen LogP contribution in [0, 0.1) is 16.0 Å². The quantitative estimate of drug-likeness (QED) is 0.666. The van der Waals surface area contributed by atoms with E-state index < -0.39 is 4.92 Å². The number of nitro groups is 1. The molecular formula is C16H14N2O3S. The lowest BCUT2D eigenvalue weighted by Crippen LogP contribution is -2.12. The SMILES string of the molecule is O=C(Nc1ccc(Sc2ccc([N+](=O)[O-])cc2)cc1)C1CC1. The molecule has 6 heteroatoms. The number of amides is 1. The number of nitrogens with zero attached hydrogens (tertiary/aromatic N) is 1. The number of carbonyl (C=O) groups is 1. The van der Waals surface area contributed by atoms with E-state index in [2.05, 4.69) is 5.32 Å². The Bertz CT molecular complexity index is 694.